The van der Waals surface area contributed by atoms with Crippen LogP contribution in [0.3, 0.4) is 0 Å². The molecule has 0 radical (unpaired) electrons. The third-order valence-corrected chi connectivity index (χ3v) is 2.04. The molecule has 1 amide bonds. The summed E-state index contributed by atoms with van der Waals surface area (Å²) in [5, 5.41) is 2.84. The van der Waals surface area contributed by atoms with Crippen LogP contribution in [-0.2, 0) is 4.79 Å². The van der Waals surface area contributed by atoms with Crippen LogP contribution in [0.25, 0.3) is 0 Å². The Bertz CT molecular complexity index is 357. The zero-order valence-electron chi connectivity index (χ0n) is 9.72. The summed E-state index contributed by atoms with van der Waals surface area (Å²) in [4.78, 5) is 11.7. The predicted molar refractivity (Wildman–Crippen MR) is 63.7 cm³/mol. The number of hydrogen-bond donors (Lipinski definition) is 2. The largest absolute Gasteiger partial charge is 0.399 e. The summed E-state index contributed by atoms with van der Waals surface area (Å²) in [6, 6.07) is 5.53. The topological polar surface area (TPSA) is 55.1 Å². The lowest BCUT2D eigenvalue weighted by Crippen LogP contribution is -2.27. The molecule has 3 N–H and O–H groups in total. The normalized spacial score (nSPS) is 11.2. The smallest absolute Gasteiger partial charge is 0.229 e. The molecule has 3 nitrogen and oxygen atoms in total. The van der Waals surface area contributed by atoms with Gasteiger partial charge in [0.2, 0.25) is 5.91 Å². The van der Waals surface area contributed by atoms with Crippen molar-refractivity contribution in [2.75, 3.05) is 11.1 Å². The third kappa shape index (κ3) is 3.27. The van der Waals surface area contributed by atoms with Crippen LogP contribution < -0.4 is 11.1 Å². The van der Waals surface area contributed by atoms with Crippen LogP contribution >= 0.6 is 0 Å². The van der Waals surface area contributed by atoms with Crippen molar-refractivity contribution in [3.05, 3.63) is 23.8 Å². The molecule has 0 saturated carbocycles. The van der Waals surface area contributed by atoms with Crippen molar-refractivity contribution < 1.29 is 4.79 Å². The van der Waals surface area contributed by atoms with Gasteiger partial charge >= 0.3 is 0 Å². The van der Waals surface area contributed by atoms with Gasteiger partial charge in [-0.25, -0.2) is 0 Å². The molecule has 0 saturated heterocycles. The minimum absolute atomic E-state index is 0.00694. The Labute approximate surface area is 90.7 Å². The number of benzene rings is 1. The molecule has 0 atom stereocenters. The first-order valence-corrected chi connectivity index (χ1v) is 4.97. The molecule has 15 heavy (non-hydrogen) atoms. The second-order valence-corrected chi connectivity index (χ2v) is 4.84. The maximum Gasteiger partial charge on any atom is 0.229 e. The average molecular weight is 206 g/mol. The van der Waals surface area contributed by atoms with E-state index in [0.717, 1.165) is 11.3 Å². The number of carbonyl (C=O) groups is 1. The first kappa shape index (κ1) is 11.6. The van der Waals surface area contributed by atoms with E-state index < -0.39 is 5.41 Å². The van der Waals surface area contributed by atoms with Crippen LogP contribution in [-0.4, -0.2) is 5.91 Å². The fourth-order valence-electron chi connectivity index (χ4n) is 1.20. The monoisotopic (exact) mass is 206 g/mol. The zero-order chi connectivity index (χ0) is 11.6. The average Bonchev–Trinajstić information content (AvgIpc) is 1.99. The summed E-state index contributed by atoms with van der Waals surface area (Å²) in [7, 11) is 0. The van der Waals surface area contributed by atoms with Crippen molar-refractivity contribution >= 4 is 17.3 Å². The van der Waals surface area contributed by atoms with Gasteiger partial charge in [-0.2, -0.15) is 0 Å². The van der Waals surface area contributed by atoms with Crippen LogP contribution in [0.4, 0.5) is 11.4 Å². The first-order valence-electron chi connectivity index (χ1n) is 4.97. The third-order valence-electron chi connectivity index (χ3n) is 2.04. The van der Waals surface area contributed by atoms with Crippen LogP contribution in [0.15, 0.2) is 18.2 Å². The highest BCUT2D eigenvalue weighted by Gasteiger charge is 2.21. The molecule has 1 aromatic rings. The number of anilines is 2. The maximum absolute atomic E-state index is 11.7. The Morgan fingerprint density at radius 1 is 1.27 bits per heavy atom. The zero-order valence-corrected chi connectivity index (χ0v) is 9.72. The fraction of sp³-hybridized carbons (Fsp3) is 0.417. The molecule has 0 aromatic heterocycles. The summed E-state index contributed by atoms with van der Waals surface area (Å²) in [6.07, 6.45) is 0. The van der Waals surface area contributed by atoms with Crippen molar-refractivity contribution in [1.82, 2.24) is 0 Å². The molecular weight excluding hydrogens is 188 g/mol. The number of nitrogen functional groups attached to an aromatic ring is 1. The van der Waals surface area contributed by atoms with E-state index in [0.29, 0.717) is 5.69 Å². The molecule has 0 spiro atoms. The highest BCUT2D eigenvalue weighted by molar-refractivity contribution is 5.94. The van der Waals surface area contributed by atoms with Crippen molar-refractivity contribution in [2.45, 2.75) is 27.7 Å². The quantitative estimate of drug-likeness (QED) is 0.694. The second-order valence-electron chi connectivity index (χ2n) is 4.84. The molecule has 0 aliphatic heterocycles. The van der Waals surface area contributed by atoms with Gasteiger partial charge in [-0.15, -0.1) is 0 Å². The van der Waals surface area contributed by atoms with E-state index in [2.05, 4.69) is 5.32 Å². The van der Waals surface area contributed by atoms with Crippen molar-refractivity contribution in [3.63, 3.8) is 0 Å². The van der Waals surface area contributed by atoms with Crippen LogP contribution in [0, 0.1) is 12.3 Å². The number of nitrogens with two attached hydrogens (primary N) is 1. The molecule has 82 valence electrons. The van der Waals surface area contributed by atoms with Crippen LogP contribution in [0.2, 0.25) is 0 Å². The van der Waals surface area contributed by atoms with Gasteiger partial charge in [-0.05, 0) is 30.7 Å². The van der Waals surface area contributed by atoms with E-state index >= 15 is 0 Å². The van der Waals surface area contributed by atoms with Gasteiger partial charge in [0, 0.05) is 16.8 Å². The summed E-state index contributed by atoms with van der Waals surface area (Å²) >= 11 is 0. The lowest BCUT2D eigenvalue weighted by Gasteiger charge is -2.18. The molecule has 1 aromatic carbocycles. The van der Waals surface area contributed by atoms with E-state index in [1.54, 1.807) is 6.07 Å². The molecule has 0 heterocycles. The first-order chi connectivity index (χ1) is 6.79. The van der Waals surface area contributed by atoms with Gasteiger partial charge in [0.25, 0.3) is 0 Å². The highest BCUT2D eigenvalue weighted by Crippen LogP contribution is 2.20. The van der Waals surface area contributed by atoms with Gasteiger partial charge in [0.1, 0.15) is 0 Å². The van der Waals surface area contributed by atoms with Crippen molar-refractivity contribution in [3.8, 4) is 0 Å². The Morgan fingerprint density at radius 2 is 1.87 bits per heavy atom. The lowest BCUT2D eigenvalue weighted by molar-refractivity contribution is -0.123. The fourth-order valence-corrected chi connectivity index (χ4v) is 1.20. The van der Waals surface area contributed by atoms with Crippen LogP contribution in [0.1, 0.15) is 26.3 Å². The van der Waals surface area contributed by atoms with E-state index in [-0.39, 0.29) is 5.91 Å². The van der Waals surface area contributed by atoms with Gasteiger partial charge in [0.15, 0.2) is 0 Å². The second kappa shape index (κ2) is 3.93. The van der Waals surface area contributed by atoms with Gasteiger partial charge in [-0.1, -0.05) is 20.8 Å². The highest BCUT2D eigenvalue weighted by atomic mass is 16.2. The molecule has 3 heteroatoms. The van der Waals surface area contributed by atoms with Crippen molar-refractivity contribution in [2.24, 2.45) is 5.41 Å². The van der Waals surface area contributed by atoms with Crippen LogP contribution in [0.5, 0.6) is 0 Å². The summed E-state index contributed by atoms with van der Waals surface area (Å²) in [5.74, 6) is -0.00694. The van der Waals surface area contributed by atoms with E-state index in [1.165, 1.54) is 0 Å². The summed E-state index contributed by atoms with van der Waals surface area (Å²) < 4.78 is 0. The Hall–Kier alpha value is -1.51. The molecule has 0 fully saturated rings. The molecule has 0 aliphatic carbocycles. The molecule has 0 aliphatic rings. The minimum atomic E-state index is -0.390. The number of rotatable bonds is 1. The Kier molecular flexibility index (Phi) is 3.03. The standard InChI is InChI=1S/C12H18N2O/c1-8-5-9(13)7-10(6-8)14-11(15)12(2,3)4/h5-7H,13H2,1-4H3,(H,14,15). The molecule has 1 rings (SSSR count). The number of nitrogens with one attached hydrogen (secondary N) is 1. The summed E-state index contributed by atoms with van der Waals surface area (Å²) in [6.45, 7) is 7.58. The van der Waals surface area contributed by atoms with E-state index in [4.69, 9.17) is 5.73 Å². The number of carbonyl (C=O) groups excluding carboxylic acids is 1. The number of amides is 1. The van der Waals surface area contributed by atoms with E-state index in [9.17, 15) is 4.79 Å². The SMILES string of the molecule is Cc1cc(N)cc(NC(=O)C(C)(C)C)c1. The minimum Gasteiger partial charge on any atom is -0.399 e. The van der Waals surface area contributed by atoms with Gasteiger partial charge in [0.05, 0.1) is 0 Å². The van der Waals surface area contributed by atoms with E-state index in [1.807, 2.05) is 39.8 Å². The molecule has 0 unspecified atom stereocenters. The number of aryl methyl sites for hydroxylation is 1. The molecule has 0 bridgehead atoms. The maximum atomic E-state index is 11.7. The van der Waals surface area contributed by atoms with Crippen molar-refractivity contribution in [1.29, 1.82) is 0 Å². The van der Waals surface area contributed by atoms with Gasteiger partial charge in [-0.3, -0.25) is 4.79 Å². The van der Waals surface area contributed by atoms with Gasteiger partial charge < -0.3 is 11.1 Å². The Morgan fingerprint density at radius 3 is 2.33 bits per heavy atom. The predicted octanol–water partition coefficient (Wildman–Crippen LogP) is 2.56. The Balaban J connectivity index is 2.86. The molecular formula is C12H18N2O. The number of hydrogen-bond acceptors (Lipinski definition) is 2. The summed E-state index contributed by atoms with van der Waals surface area (Å²) in [5.41, 5.74) is 7.77. The lowest BCUT2D eigenvalue weighted by atomic mass is 9.95.